The summed E-state index contributed by atoms with van der Waals surface area (Å²) in [5, 5.41) is 13.3. The van der Waals surface area contributed by atoms with Gasteiger partial charge >= 0.3 is 6.03 Å². The maximum atomic E-state index is 15.2. The molecule has 1 saturated heterocycles. The largest absolute Gasteiger partial charge is 0.505 e. The van der Waals surface area contributed by atoms with Crippen LogP contribution in [-0.4, -0.2) is 90.4 Å². The second kappa shape index (κ2) is 12.5. The maximum absolute atomic E-state index is 15.2. The van der Waals surface area contributed by atoms with Gasteiger partial charge in [0.2, 0.25) is 5.95 Å². The minimum atomic E-state index is -1.21. The molecule has 0 unspecified atom stereocenters. The molecule has 2 N–H and O–H groups in total. The Morgan fingerprint density at radius 3 is 2.58 bits per heavy atom. The van der Waals surface area contributed by atoms with Crippen LogP contribution in [-0.2, 0) is 6.54 Å². The Hall–Kier alpha value is -3.25. The van der Waals surface area contributed by atoms with Crippen molar-refractivity contribution in [2.75, 3.05) is 68.5 Å². The van der Waals surface area contributed by atoms with E-state index in [1.54, 1.807) is 11.1 Å². The number of carbonyl (C=O) groups excluding carboxylic acids is 1. The number of nitrogens with one attached hydrogen (secondary N) is 1. The molecule has 0 atom stereocenters. The second-order valence-electron chi connectivity index (χ2n) is 10.9. The summed E-state index contributed by atoms with van der Waals surface area (Å²) < 4.78 is 35.2. The van der Waals surface area contributed by atoms with Crippen LogP contribution in [0.4, 0.5) is 31.0 Å². The first-order valence-electron chi connectivity index (χ1n) is 14.2. The minimum absolute atomic E-state index is 0.135. The monoisotopic (exact) mass is 559 g/mol. The number of ether oxygens (including phenoxy) is 1. The highest BCUT2D eigenvalue weighted by atomic mass is 19.1. The van der Waals surface area contributed by atoms with E-state index in [0.29, 0.717) is 23.9 Å². The van der Waals surface area contributed by atoms with Crippen LogP contribution in [0.15, 0.2) is 12.3 Å². The molecular weight excluding hydrogens is 520 g/mol. The predicted molar refractivity (Wildman–Crippen MR) is 149 cm³/mol. The molecule has 1 saturated carbocycles. The molecule has 0 radical (unpaired) electrons. The van der Waals surface area contributed by atoms with E-state index in [2.05, 4.69) is 27.1 Å². The number of likely N-dealkylation sites (N-methyl/N-ethyl adjacent to an activating group) is 1. The van der Waals surface area contributed by atoms with Gasteiger partial charge in [0, 0.05) is 56.6 Å². The van der Waals surface area contributed by atoms with E-state index in [9.17, 15) is 9.90 Å². The molecule has 2 aromatic rings. The lowest BCUT2D eigenvalue weighted by Gasteiger charge is -2.39. The van der Waals surface area contributed by atoms with E-state index in [1.807, 2.05) is 0 Å². The zero-order valence-electron chi connectivity index (χ0n) is 23.3. The van der Waals surface area contributed by atoms with Gasteiger partial charge in [-0.15, -0.1) is 0 Å². The molecule has 0 bridgehead atoms. The smallest absolute Gasteiger partial charge is 0.330 e. The highest BCUT2D eigenvalue weighted by molar-refractivity contribution is 6.06. The van der Waals surface area contributed by atoms with E-state index in [0.717, 1.165) is 88.6 Å². The van der Waals surface area contributed by atoms with Gasteiger partial charge in [0.05, 0.1) is 13.7 Å². The van der Waals surface area contributed by atoms with Crippen molar-refractivity contribution in [1.29, 1.82) is 0 Å². The van der Waals surface area contributed by atoms with Gasteiger partial charge in [0.25, 0.3) is 0 Å². The standard InChI is InChI=1S/C28H39F2N7O3/c1-34-12-14-35(15-13-34)11-7-3-6-10-31-27-32-17-19-18-36(25-23(29)21(38)16-22(40-2)24(25)30)28(39)37(26(19)33-27)20-8-4-5-9-20/h16-17,20,38H,3-15,18H2,1-2H3,(H,31,32,33). The van der Waals surface area contributed by atoms with Gasteiger partial charge in [0.15, 0.2) is 23.1 Å². The average molecular weight is 560 g/mol. The maximum Gasteiger partial charge on any atom is 0.330 e. The average Bonchev–Trinajstić information content (AvgIpc) is 3.48. The molecule has 1 aliphatic carbocycles. The minimum Gasteiger partial charge on any atom is -0.505 e. The van der Waals surface area contributed by atoms with Crippen molar-refractivity contribution in [1.82, 2.24) is 19.8 Å². The Morgan fingerprint density at radius 1 is 1.10 bits per heavy atom. The summed E-state index contributed by atoms with van der Waals surface area (Å²) in [6.45, 7) is 6.20. The molecule has 2 aliphatic heterocycles. The second-order valence-corrected chi connectivity index (χ2v) is 10.9. The van der Waals surface area contributed by atoms with Crippen molar-refractivity contribution >= 4 is 23.5 Å². The summed E-state index contributed by atoms with van der Waals surface area (Å²) >= 11 is 0. The van der Waals surface area contributed by atoms with Gasteiger partial charge in [-0.05, 0) is 39.3 Å². The first kappa shape index (κ1) is 28.3. The number of rotatable bonds is 10. The Balaban J connectivity index is 1.28. The molecule has 2 fully saturated rings. The molecular formula is C28H39F2N7O3. The van der Waals surface area contributed by atoms with E-state index < -0.39 is 29.1 Å². The number of nitrogens with zero attached hydrogens (tertiary/aromatic N) is 6. The fourth-order valence-electron chi connectivity index (χ4n) is 5.81. The highest BCUT2D eigenvalue weighted by Crippen LogP contribution is 2.41. The number of amides is 2. The Labute approximate surface area is 233 Å². The number of phenolic OH excluding ortho intramolecular Hbond substituents is 1. The number of unbranched alkanes of at least 4 members (excludes halogenated alkanes) is 2. The lowest BCUT2D eigenvalue weighted by molar-refractivity contribution is 0.152. The van der Waals surface area contributed by atoms with Crippen LogP contribution in [0.3, 0.4) is 0 Å². The molecule has 12 heteroatoms. The molecule has 218 valence electrons. The lowest BCUT2D eigenvalue weighted by Crippen LogP contribution is -2.52. The third-order valence-electron chi connectivity index (χ3n) is 8.17. The number of aromatic nitrogens is 2. The normalized spacial score (nSPS) is 18.9. The Kier molecular flexibility index (Phi) is 8.84. The number of aromatic hydroxyl groups is 1. The number of halogens is 2. The summed E-state index contributed by atoms with van der Waals surface area (Å²) in [5.74, 6) is -2.51. The number of carbonyl (C=O) groups is 1. The van der Waals surface area contributed by atoms with Gasteiger partial charge in [0.1, 0.15) is 11.5 Å². The number of piperazine rings is 1. The van der Waals surface area contributed by atoms with Crippen LogP contribution in [0.2, 0.25) is 0 Å². The fourth-order valence-corrected chi connectivity index (χ4v) is 5.81. The molecule has 5 rings (SSSR count). The topological polar surface area (TPSA) is 97.3 Å². The van der Waals surface area contributed by atoms with Crippen LogP contribution in [0.1, 0.15) is 50.5 Å². The van der Waals surface area contributed by atoms with Crippen molar-refractivity contribution < 1.29 is 23.4 Å². The molecule has 1 aromatic carbocycles. The van der Waals surface area contributed by atoms with Crippen LogP contribution in [0, 0.1) is 11.6 Å². The van der Waals surface area contributed by atoms with Crippen LogP contribution >= 0.6 is 0 Å². The third-order valence-corrected chi connectivity index (χ3v) is 8.17. The first-order valence-corrected chi connectivity index (χ1v) is 14.2. The highest BCUT2D eigenvalue weighted by Gasteiger charge is 2.41. The van der Waals surface area contributed by atoms with Crippen molar-refractivity contribution in [2.45, 2.75) is 57.5 Å². The van der Waals surface area contributed by atoms with Gasteiger partial charge in [-0.1, -0.05) is 19.3 Å². The van der Waals surface area contributed by atoms with E-state index in [1.165, 1.54) is 7.11 Å². The van der Waals surface area contributed by atoms with Gasteiger partial charge in [-0.25, -0.2) is 18.6 Å². The Bertz CT molecular complexity index is 1200. The zero-order valence-corrected chi connectivity index (χ0v) is 23.3. The van der Waals surface area contributed by atoms with E-state index >= 15 is 8.78 Å². The van der Waals surface area contributed by atoms with Gasteiger partial charge in [-0.3, -0.25) is 9.80 Å². The third kappa shape index (κ3) is 5.92. The molecule has 40 heavy (non-hydrogen) atoms. The molecule has 10 nitrogen and oxygen atoms in total. The summed E-state index contributed by atoms with van der Waals surface area (Å²) in [6, 6.07) is 0.133. The summed E-state index contributed by atoms with van der Waals surface area (Å²) in [7, 11) is 3.38. The molecule has 3 heterocycles. The Morgan fingerprint density at radius 2 is 1.85 bits per heavy atom. The number of fused-ring (bicyclic) bond motifs is 1. The van der Waals surface area contributed by atoms with Crippen LogP contribution in [0.25, 0.3) is 0 Å². The molecule has 1 aromatic heterocycles. The van der Waals surface area contributed by atoms with Crippen LogP contribution < -0.4 is 19.9 Å². The number of hydrogen-bond acceptors (Lipinski definition) is 8. The number of anilines is 3. The van der Waals surface area contributed by atoms with E-state index in [-0.39, 0.29) is 18.3 Å². The molecule has 3 aliphatic rings. The van der Waals surface area contributed by atoms with Crippen LogP contribution in [0.5, 0.6) is 11.5 Å². The predicted octanol–water partition coefficient (Wildman–Crippen LogP) is 4.19. The molecule has 0 spiro atoms. The lowest BCUT2D eigenvalue weighted by atomic mass is 10.1. The quantitative estimate of drug-likeness (QED) is 0.419. The summed E-state index contributed by atoms with van der Waals surface area (Å²) in [5.41, 5.74) is -0.0698. The zero-order chi connectivity index (χ0) is 28.2. The van der Waals surface area contributed by atoms with Crippen molar-refractivity contribution in [2.24, 2.45) is 0 Å². The first-order chi connectivity index (χ1) is 19.4. The number of methoxy groups -OCH3 is 1. The fraction of sp³-hybridized carbons (Fsp3) is 0.607. The number of benzene rings is 1. The van der Waals surface area contributed by atoms with E-state index in [4.69, 9.17) is 9.72 Å². The molecule has 2 amide bonds. The number of hydrogen-bond donors (Lipinski definition) is 2. The van der Waals surface area contributed by atoms with Crippen molar-refractivity contribution in [3.63, 3.8) is 0 Å². The summed E-state index contributed by atoms with van der Waals surface area (Å²) in [6.07, 6.45) is 8.27. The van der Waals surface area contributed by atoms with Gasteiger partial charge < -0.3 is 25.0 Å². The van der Waals surface area contributed by atoms with Gasteiger partial charge in [-0.2, -0.15) is 4.98 Å². The SMILES string of the molecule is COc1cc(O)c(F)c(N2Cc3cnc(NCCCCCN4CCN(C)CC4)nc3N(C3CCCC3)C2=O)c1F. The summed E-state index contributed by atoms with van der Waals surface area (Å²) in [4.78, 5) is 30.4. The number of urea groups is 1. The number of phenols is 1. The van der Waals surface area contributed by atoms with Crippen molar-refractivity contribution in [3.05, 3.63) is 29.5 Å². The van der Waals surface area contributed by atoms with Crippen molar-refractivity contribution in [3.8, 4) is 11.5 Å².